The van der Waals surface area contributed by atoms with Gasteiger partial charge in [0, 0.05) is 37.3 Å². The largest absolute Gasteiger partial charge is 0.450 e. The molecule has 1 aromatic heterocycles. The van der Waals surface area contributed by atoms with Gasteiger partial charge in [-0.25, -0.2) is 4.39 Å². The summed E-state index contributed by atoms with van der Waals surface area (Å²) in [7, 11) is 4.00. The Morgan fingerprint density at radius 2 is 1.97 bits per heavy atom. The number of ether oxygens (including phenoxy) is 1. The molecule has 0 unspecified atom stereocenters. The van der Waals surface area contributed by atoms with E-state index in [-0.39, 0.29) is 22.7 Å². The number of amides is 1. The van der Waals surface area contributed by atoms with Crippen LogP contribution in [-0.4, -0.2) is 61.7 Å². The van der Waals surface area contributed by atoms with Crippen LogP contribution < -0.4 is 26.1 Å². The van der Waals surface area contributed by atoms with Crippen molar-refractivity contribution < 1.29 is 13.9 Å². The summed E-state index contributed by atoms with van der Waals surface area (Å²) < 4.78 is 24.1. The summed E-state index contributed by atoms with van der Waals surface area (Å²) in [6.07, 6.45) is 4.01. The molecule has 3 aromatic carbocycles. The molecule has 1 amide bonds. The van der Waals surface area contributed by atoms with Crippen molar-refractivity contribution in [1.29, 1.82) is 0 Å². The fourth-order valence-corrected chi connectivity index (χ4v) is 5.63. The van der Waals surface area contributed by atoms with Gasteiger partial charge in [-0.2, -0.15) is 0 Å². The fourth-order valence-electron chi connectivity index (χ4n) is 5.63. The van der Waals surface area contributed by atoms with E-state index in [1.165, 1.54) is 6.07 Å². The van der Waals surface area contributed by atoms with Crippen molar-refractivity contribution in [1.82, 2.24) is 14.8 Å². The van der Waals surface area contributed by atoms with Crippen LogP contribution in [0.1, 0.15) is 29.6 Å². The molecule has 202 valence electrons. The molecule has 1 saturated heterocycles. The van der Waals surface area contributed by atoms with Crippen LogP contribution in [0.4, 0.5) is 10.1 Å². The topological polar surface area (TPSA) is 92.8 Å². The monoisotopic (exact) mass is 529 g/mol. The number of fused-ring (bicyclic) bond motifs is 4. The summed E-state index contributed by atoms with van der Waals surface area (Å²) in [6.45, 7) is 2.43. The lowest BCUT2D eigenvalue weighted by Crippen LogP contribution is -2.32. The number of pyridine rings is 1. The lowest BCUT2D eigenvalue weighted by molar-refractivity contribution is 0.0951. The molecule has 1 fully saturated rings. The van der Waals surface area contributed by atoms with Crippen molar-refractivity contribution in [3.8, 4) is 17.2 Å². The Morgan fingerprint density at radius 3 is 2.74 bits per heavy atom. The van der Waals surface area contributed by atoms with Gasteiger partial charge >= 0.3 is 0 Å². The molecule has 0 radical (unpaired) electrons. The van der Waals surface area contributed by atoms with E-state index in [2.05, 4.69) is 10.2 Å². The van der Waals surface area contributed by atoms with Crippen LogP contribution in [-0.2, 0) is 0 Å². The number of unbranched alkanes of at least 4 members (excludes halogenated alkanes) is 1. The minimum Gasteiger partial charge on any atom is -0.450 e. The average Bonchev–Trinajstić information content (AvgIpc) is 3.34. The number of carbonyl (C=O) groups excluding carboxylic acids is 1. The van der Waals surface area contributed by atoms with Gasteiger partial charge in [0.1, 0.15) is 16.8 Å². The minimum atomic E-state index is -0.569. The van der Waals surface area contributed by atoms with E-state index in [1.54, 1.807) is 10.8 Å². The van der Waals surface area contributed by atoms with Crippen LogP contribution in [0.5, 0.6) is 11.5 Å². The molecular weight excluding hydrogens is 497 g/mol. The predicted octanol–water partition coefficient (Wildman–Crippen LogP) is 4.00. The van der Waals surface area contributed by atoms with Gasteiger partial charge in [-0.05, 0) is 57.4 Å². The summed E-state index contributed by atoms with van der Waals surface area (Å²) >= 11 is 0. The number of rotatable bonds is 7. The number of halogens is 1. The SMILES string of the molecule is CN(C)CCCCNC(=O)c1cn2c3c(c(N4CC[C@@H](N)C4)c(F)cc3c1=O)Oc1c-2ccc2ccccc12. The number of hydrogen-bond acceptors (Lipinski definition) is 6. The minimum absolute atomic E-state index is 0.0302. The Bertz CT molecular complexity index is 1660. The molecule has 3 N–H and O–H groups in total. The molecule has 6 rings (SSSR count). The number of carbonyl (C=O) groups is 1. The van der Waals surface area contributed by atoms with Crippen molar-refractivity contribution >= 4 is 33.3 Å². The molecule has 3 heterocycles. The smallest absolute Gasteiger partial charge is 0.256 e. The van der Waals surface area contributed by atoms with Gasteiger partial charge in [0.15, 0.2) is 17.3 Å². The van der Waals surface area contributed by atoms with E-state index in [4.69, 9.17) is 10.5 Å². The Hall–Kier alpha value is -3.95. The van der Waals surface area contributed by atoms with Gasteiger partial charge in [0.25, 0.3) is 5.91 Å². The van der Waals surface area contributed by atoms with E-state index in [0.29, 0.717) is 42.3 Å². The molecule has 2 aliphatic rings. The van der Waals surface area contributed by atoms with Gasteiger partial charge in [0.05, 0.1) is 11.1 Å². The molecule has 0 spiro atoms. The first-order chi connectivity index (χ1) is 18.8. The molecule has 1 atom stereocenters. The second-order valence-corrected chi connectivity index (χ2v) is 10.7. The third-order valence-corrected chi connectivity index (χ3v) is 7.60. The summed E-state index contributed by atoms with van der Waals surface area (Å²) in [5.74, 6) is -0.215. The average molecular weight is 530 g/mol. The zero-order valence-corrected chi connectivity index (χ0v) is 22.2. The van der Waals surface area contributed by atoms with Crippen molar-refractivity contribution in [2.45, 2.75) is 25.3 Å². The van der Waals surface area contributed by atoms with Gasteiger partial charge < -0.3 is 30.2 Å². The van der Waals surface area contributed by atoms with Gasteiger partial charge in [-0.15, -0.1) is 0 Å². The molecule has 8 nitrogen and oxygen atoms in total. The summed E-state index contributed by atoms with van der Waals surface area (Å²) in [6, 6.07) is 12.8. The van der Waals surface area contributed by atoms with E-state index in [9.17, 15) is 9.59 Å². The first-order valence-corrected chi connectivity index (χ1v) is 13.4. The first-order valence-electron chi connectivity index (χ1n) is 13.4. The molecule has 0 aliphatic carbocycles. The van der Waals surface area contributed by atoms with Crippen molar-refractivity contribution in [2.75, 3.05) is 45.2 Å². The number of nitrogens with one attached hydrogen (secondary N) is 1. The van der Waals surface area contributed by atoms with Crippen LogP contribution in [0.3, 0.4) is 0 Å². The van der Waals surface area contributed by atoms with E-state index in [1.807, 2.05) is 55.4 Å². The Kier molecular flexibility index (Phi) is 6.48. The maximum atomic E-state index is 15.8. The normalized spacial score (nSPS) is 16.1. The van der Waals surface area contributed by atoms with Crippen molar-refractivity contribution in [3.63, 3.8) is 0 Å². The van der Waals surface area contributed by atoms with Gasteiger partial charge in [-0.3, -0.25) is 9.59 Å². The number of benzene rings is 3. The number of nitrogens with zero attached hydrogens (tertiary/aromatic N) is 3. The van der Waals surface area contributed by atoms with Crippen molar-refractivity contribution in [2.24, 2.45) is 5.73 Å². The molecule has 0 saturated carbocycles. The van der Waals surface area contributed by atoms with Crippen LogP contribution in [0.25, 0.3) is 27.4 Å². The third kappa shape index (κ3) is 4.41. The summed E-state index contributed by atoms with van der Waals surface area (Å²) in [5.41, 5.74) is 7.02. The first kappa shape index (κ1) is 25.3. The van der Waals surface area contributed by atoms with Crippen molar-refractivity contribution in [3.05, 3.63) is 70.3 Å². The fraction of sp³-hybridized carbons (Fsp3) is 0.333. The van der Waals surface area contributed by atoms with Crippen LogP contribution in [0, 0.1) is 5.82 Å². The summed E-state index contributed by atoms with van der Waals surface area (Å²) in [4.78, 5) is 30.8. The lowest BCUT2D eigenvalue weighted by Gasteiger charge is -2.29. The molecule has 0 bridgehead atoms. The molecule has 4 aromatic rings. The highest BCUT2D eigenvalue weighted by Gasteiger charge is 2.33. The molecule has 39 heavy (non-hydrogen) atoms. The highest BCUT2D eigenvalue weighted by Crippen LogP contribution is 2.49. The maximum Gasteiger partial charge on any atom is 0.256 e. The Labute approximate surface area is 225 Å². The number of anilines is 1. The highest BCUT2D eigenvalue weighted by molar-refractivity contribution is 6.03. The summed E-state index contributed by atoms with van der Waals surface area (Å²) in [5, 5.41) is 4.80. The standard InChI is InChI=1S/C30H32FN5O3/c1-34(2)13-6-5-12-33-30(38)22-17-36-24-10-9-18-7-3-4-8-20(18)28(24)39-29-25(36)21(27(22)37)15-23(31)26(29)35-14-11-19(32)16-35/h3-4,7-10,15,17,19H,5-6,11-14,16,32H2,1-2H3,(H,33,38)/t19-/m1/s1. The van der Waals surface area contributed by atoms with Crippen LogP contribution in [0.15, 0.2) is 53.5 Å². The number of aromatic nitrogens is 1. The lowest BCUT2D eigenvalue weighted by atomic mass is 10.0. The number of nitrogens with two attached hydrogens (primary N) is 1. The second-order valence-electron chi connectivity index (χ2n) is 10.7. The quantitative estimate of drug-likeness (QED) is 0.310. The zero-order valence-electron chi connectivity index (χ0n) is 22.2. The van der Waals surface area contributed by atoms with E-state index < -0.39 is 17.2 Å². The van der Waals surface area contributed by atoms with Crippen LogP contribution >= 0.6 is 0 Å². The van der Waals surface area contributed by atoms with E-state index >= 15 is 4.39 Å². The number of hydrogen-bond donors (Lipinski definition) is 2. The Morgan fingerprint density at radius 1 is 1.15 bits per heavy atom. The van der Waals surface area contributed by atoms with E-state index in [0.717, 1.165) is 36.6 Å². The van der Waals surface area contributed by atoms with Gasteiger partial charge in [0.2, 0.25) is 5.43 Å². The van der Waals surface area contributed by atoms with Gasteiger partial charge in [-0.1, -0.05) is 30.3 Å². The van der Waals surface area contributed by atoms with Crippen LogP contribution in [0.2, 0.25) is 0 Å². The second kappa shape index (κ2) is 9.98. The zero-order chi connectivity index (χ0) is 27.3. The molecular formula is C30H32FN5O3. The Balaban J connectivity index is 1.52. The highest BCUT2D eigenvalue weighted by atomic mass is 19.1. The maximum absolute atomic E-state index is 15.8. The third-order valence-electron chi connectivity index (χ3n) is 7.60. The molecule has 2 aliphatic heterocycles. The predicted molar refractivity (Wildman–Crippen MR) is 152 cm³/mol. The molecule has 9 heteroatoms.